The number of anilines is 1. The summed E-state index contributed by atoms with van der Waals surface area (Å²) in [5.41, 5.74) is 4.17. The fourth-order valence-corrected chi connectivity index (χ4v) is 4.12. The molecule has 2 nitrogen and oxygen atoms in total. The van der Waals surface area contributed by atoms with Crippen molar-refractivity contribution in [3.8, 4) is 0 Å². The number of thiophene rings is 1. The normalized spacial score (nSPS) is 10.9. The van der Waals surface area contributed by atoms with Gasteiger partial charge >= 0.3 is 0 Å². The maximum absolute atomic E-state index is 12.6. The Morgan fingerprint density at radius 3 is 2.36 bits per heavy atom. The first kappa shape index (κ1) is 15.1. The van der Waals surface area contributed by atoms with Gasteiger partial charge in [0.2, 0.25) is 0 Å². The Morgan fingerprint density at radius 2 is 1.73 bits per heavy atom. The lowest BCUT2D eigenvalue weighted by Crippen LogP contribution is -2.13. The molecule has 0 aliphatic rings. The lowest BCUT2D eigenvalue weighted by Gasteiger charge is -2.12. The predicted molar refractivity (Wildman–Crippen MR) is 95.4 cm³/mol. The van der Waals surface area contributed by atoms with Gasteiger partial charge in [-0.15, -0.1) is 11.3 Å². The zero-order valence-electron chi connectivity index (χ0n) is 12.7. The van der Waals surface area contributed by atoms with Gasteiger partial charge in [-0.2, -0.15) is 0 Å². The second-order valence-electron chi connectivity index (χ2n) is 5.47. The van der Waals surface area contributed by atoms with E-state index < -0.39 is 0 Å². The fraction of sp³-hybridized carbons (Fsp3) is 0.167. The van der Waals surface area contributed by atoms with Crippen molar-refractivity contribution in [1.29, 1.82) is 0 Å². The first-order valence-corrected chi connectivity index (χ1v) is 8.23. The molecule has 0 saturated heterocycles. The van der Waals surface area contributed by atoms with Crippen LogP contribution in [0.2, 0.25) is 5.02 Å². The Kier molecular flexibility index (Phi) is 3.94. The van der Waals surface area contributed by atoms with Crippen LogP contribution in [0.25, 0.3) is 10.1 Å². The van der Waals surface area contributed by atoms with Crippen molar-refractivity contribution in [2.75, 3.05) is 5.32 Å². The minimum atomic E-state index is -0.152. The minimum Gasteiger partial charge on any atom is -0.321 e. The van der Waals surface area contributed by atoms with Gasteiger partial charge in [-0.1, -0.05) is 47.5 Å². The summed E-state index contributed by atoms with van der Waals surface area (Å²) >= 11 is 7.79. The molecule has 0 unspecified atom stereocenters. The van der Waals surface area contributed by atoms with Crippen LogP contribution >= 0.6 is 22.9 Å². The van der Waals surface area contributed by atoms with Crippen LogP contribution in [0.3, 0.4) is 0 Å². The number of amides is 1. The van der Waals surface area contributed by atoms with Gasteiger partial charge in [0.05, 0.1) is 5.02 Å². The van der Waals surface area contributed by atoms with Crippen LogP contribution < -0.4 is 5.32 Å². The summed E-state index contributed by atoms with van der Waals surface area (Å²) in [4.78, 5) is 13.2. The third kappa shape index (κ3) is 2.62. The average molecular weight is 330 g/mol. The second-order valence-corrected chi connectivity index (χ2v) is 6.90. The van der Waals surface area contributed by atoms with Crippen molar-refractivity contribution in [3.05, 3.63) is 63.0 Å². The third-order valence-electron chi connectivity index (χ3n) is 3.66. The number of carbonyl (C=O) groups is 1. The molecule has 112 valence electrons. The first-order valence-electron chi connectivity index (χ1n) is 7.03. The van der Waals surface area contributed by atoms with Gasteiger partial charge in [-0.25, -0.2) is 0 Å². The first-order chi connectivity index (χ1) is 10.5. The molecule has 22 heavy (non-hydrogen) atoms. The van der Waals surface area contributed by atoms with Gasteiger partial charge in [0.15, 0.2) is 0 Å². The molecule has 1 N–H and O–H groups in total. The number of hydrogen-bond donors (Lipinski definition) is 1. The summed E-state index contributed by atoms with van der Waals surface area (Å²) in [6.07, 6.45) is 0. The van der Waals surface area contributed by atoms with Crippen LogP contribution in [0.5, 0.6) is 0 Å². The monoisotopic (exact) mass is 329 g/mol. The van der Waals surface area contributed by atoms with Gasteiger partial charge in [-0.05, 0) is 38.0 Å². The number of carbonyl (C=O) groups excluding carboxylic acids is 1. The van der Waals surface area contributed by atoms with E-state index in [1.54, 1.807) is 0 Å². The molecule has 0 spiro atoms. The van der Waals surface area contributed by atoms with Gasteiger partial charge in [0.25, 0.3) is 5.91 Å². The molecule has 0 bridgehead atoms. The number of rotatable bonds is 2. The summed E-state index contributed by atoms with van der Waals surface area (Å²) in [7, 11) is 0. The number of halogens is 1. The largest absolute Gasteiger partial charge is 0.321 e. The van der Waals surface area contributed by atoms with E-state index in [4.69, 9.17) is 11.6 Å². The molecular formula is C18H16ClNOS. The van der Waals surface area contributed by atoms with Gasteiger partial charge in [0, 0.05) is 15.8 Å². The van der Waals surface area contributed by atoms with Crippen LogP contribution in [0.1, 0.15) is 26.4 Å². The van der Waals surface area contributed by atoms with E-state index in [0.29, 0.717) is 9.90 Å². The number of nitrogens with one attached hydrogen (secondary N) is 1. The number of aryl methyl sites for hydroxylation is 3. The zero-order chi connectivity index (χ0) is 15.9. The van der Waals surface area contributed by atoms with Crippen molar-refractivity contribution in [2.45, 2.75) is 20.8 Å². The Morgan fingerprint density at radius 1 is 1.09 bits per heavy atom. The molecule has 0 aliphatic carbocycles. The third-order valence-corrected chi connectivity index (χ3v) is 5.33. The highest BCUT2D eigenvalue weighted by Gasteiger charge is 2.18. The Balaban J connectivity index is 1.99. The number of hydrogen-bond acceptors (Lipinski definition) is 2. The minimum absolute atomic E-state index is 0.152. The molecule has 0 fully saturated rings. The van der Waals surface area contributed by atoms with E-state index in [2.05, 4.69) is 24.4 Å². The summed E-state index contributed by atoms with van der Waals surface area (Å²) < 4.78 is 1.02. The highest BCUT2D eigenvalue weighted by atomic mass is 35.5. The zero-order valence-corrected chi connectivity index (χ0v) is 14.2. The average Bonchev–Trinajstić information content (AvgIpc) is 2.80. The van der Waals surface area contributed by atoms with Gasteiger partial charge < -0.3 is 5.32 Å². The molecule has 0 atom stereocenters. The summed E-state index contributed by atoms with van der Waals surface area (Å²) in [6, 6.07) is 11.9. The molecule has 0 saturated carbocycles. The van der Waals surface area contributed by atoms with Crippen LogP contribution in [0, 0.1) is 20.8 Å². The lowest BCUT2D eigenvalue weighted by molar-refractivity contribution is 0.103. The molecular weight excluding hydrogens is 314 g/mol. The molecule has 1 aromatic heterocycles. The van der Waals surface area contributed by atoms with E-state index >= 15 is 0 Å². The van der Waals surface area contributed by atoms with E-state index in [1.807, 2.05) is 38.1 Å². The maximum atomic E-state index is 12.6. The maximum Gasteiger partial charge on any atom is 0.267 e. The number of fused-ring (bicyclic) bond motifs is 1. The van der Waals surface area contributed by atoms with Crippen molar-refractivity contribution < 1.29 is 4.79 Å². The fourth-order valence-electron chi connectivity index (χ4n) is 2.71. The standard InChI is InChI=1S/C18H16ClNOS/c1-10-8-11(2)16(12(3)9-10)20-18(21)17-15(19)13-6-4-5-7-14(13)22-17/h4-9H,1-3H3,(H,20,21). The van der Waals surface area contributed by atoms with Gasteiger partial charge in [0.1, 0.15) is 4.88 Å². The quantitative estimate of drug-likeness (QED) is 0.639. The van der Waals surface area contributed by atoms with Crippen LogP contribution in [-0.4, -0.2) is 5.91 Å². The Bertz CT molecular complexity index is 859. The smallest absolute Gasteiger partial charge is 0.267 e. The summed E-state index contributed by atoms with van der Waals surface area (Å²) in [6.45, 7) is 6.05. The van der Waals surface area contributed by atoms with Crippen molar-refractivity contribution in [1.82, 2.24) is 0 Å². The van der Waals surface area contributed by atoms with E-state index in [0.717, 1.165) is 26.9 Å². The molecule has 1 heterocycles. The highest BCUT2D eigenvalue weighted by Crippen LogP contribution is 2.36. The Hall–Kier alpha value is -1.84. The summed E-state index contributed by atoms with van der Waals surface area (Å²) in [5, 5.41) is 4.47. The van der Waals surface area contributed by atoms with Crippen LogP contribution in [0.4, 0.5) is 5.69 Å². The topological polar surface area (TPSA) is 29.1 Å². The van der Waals surface area contributed by atoms with E-state index in [1.165, 1.54) is 16.9 Å². The van der Waals surface area contributed by atoms with E-state index in [-0.39, 0.29) is 5.91 Å². The Labute approximate surface area is 138 Å². The van der Waals surface area contributed by atoms with Crippen LogP contribution in [0.15, 0.2) is 36.4 Å². The lowest BCUT2D eigenvalue weighted by atomic mass is 10.1. The summed E-state index contributed by atoms with van der Waals surface area (Å²) in [5.74, 6) is -0.152. The molecule has 0 radical (unpaired) electrons. The van der Waals surface area contributed by atoms with Crippen molar-refractivity contribution >= 4 is 44.6 Å². The van der Waals surface area contributed by atoms with E-state index in [9.17, 15) is 4.79 Å². The highest BCUT2D eigenvalue weighted by molar-refractivity contribution is 7.21. The molecule has 3 aromatic rings. The SMILES string of the molecule is Cc1cc(C)c(NC(=O)c2sc3ccccc3c2Cl)c(C)c1. The van der Waals surface area contributed by atoms with Crippen molar-refractivity contribution in [3.63, 3.8) is 0 Å². The molecule has 3 rings (SSSR count). The van der Waals surface area contributed by atoms with Crippen LogP contribution in [-0.2, 0) is 0 Å². The van der Waals surface area contributed by atoms with Gasteiger partial charge in [-0.3, -0.25) is 4.79 Å². The second kappa shape index (κ2) is 5.75. The molecule has 1 amide bonds. The number of benzene rings is 2. The van der Waals surface area contributed by atoms with Crippen molar-refractivity contribution in [2.24, 2.45) is 0 Å². The molecule has 4 heteroatoms. The predicted octanol–water partition coefficient (Wildman–Crippen LogP) is 5.73. The molecule has 2 aromatic carbocycles. The molecule has 0 aliphatic heterocycles.